The van der Waals surface area contributed by atoms with Crippen molar-refractivity contribution in [3.63, 3.8) is 0 Å². The molecule has 2 aromatic carbocycles. The van der Waals surface area contributed by atoms with E-state index in [1.54, 1.807) is 4.90 Å². The summed E-state index contributed by atoms with van der Waals surface area (Å²) in [6.07, 6.45) is 5.55. The summed E-state index contributed by atoms with van der Waals surface area (Å²) in [6.45, 7) is 4.78. The van der Waals surface area contributed by atoms with Crippen LogP contribution in [0.15, 0.2) is 48.5 Å². The zero-order valence-corrected chi connectivity index (χ0v) is 18.9. The first-order chi connectivity index (χ1) is 15.6. The normalized spacial score (nSPS) is 16.8. The lowest BCUT2D eigenvalue weighted by Crippen LogP contribution is -2.53. The number of benzene rings is 2. The summed E-state index contributed by atoms with van der Waals surface area (Å²) in [5.41, 5.74) is 3.26. The SMILES string of the molecule is Cc1ccc(CC(=O)N2CCN(C(=O)NCc3ccc(OC4CCCC4)cc3)CC2)cc1. The van der Waals surface area contributed by atoms with Gasteiger partial charge in [-0.1, -0.05) is 42.0 Å². The highest BCUT2D eigenvalue weighted by Gasteiger charge is 2.24. The number of piperazine rings is 1. The van der Waals surface area contributed by atoms with Crippen LogP contribution >= 0.6 is 0 Å². The number of nitrogens with zero attached hydrogens (tertiary/aromatic N) is 2. The van der Waals surface area contributed by atoms with Gasteiger partial charge in [-0.3, -0.25) is 4.79 Å². The minimum Gasteiger partial charge on any atom is -0.490 e. The average molecular weight is 436 g/mol. The van der Waals surface area contributed by atoms with Gasteiger partial charge < -0.3 is 19.9 Å². The van der Waals surface area contributed by atoms with Crippen LogP contribution in [-0.2, 0) is 17.8 Å². The molecule has 3 amide bonds. The van der Waals surface area contributed by atoms with E-state index in [0.29, 0.717) is 45.2 Å². The Labute approximate surface area is 190 Å². The minimum atomic E-state index is -0.0816. The van der Waals surface area contributed by atoms with Crippen molar-refractivity contribution in [3.8, 4) is 5.75 Å². The molecular weight excluding hydrogens is 402 g/mol. The molecule has 0 atom stereocenters. The van der Waals surface area contributed by atoms with Gasteiger partial charge in [-0.05, 0) is 55.9 Å². The molecule has 0 unspecified atom stereocenters. The lowest BCUT2D eigenvalue weighted by atomic mass is 10.1. The molecule has 0 spiro atoms. The number of hydrogen-bond acceptors (Lipinski definition) is 3. The summed E-state index contributed by atoms with van der Waals surface area (Å²) in [7, 11) is 0. The molecular formula is C26H33N3O3. The third-order valence-corrected chi connectivity index (χ3v) is 6.37. The summed E-state index contributed by atoms with van der Waals surface area (Å²) in [5.74, 6) is 1.02. The van der Waals surface area contributed by atoms with E-state index in [2.05, 4.69) is 5.32 Å². The Morgan fingerprint density at radius 2 is 1.47 bits per heavy atom. The van der Waals surface area contributed by atoms with E-state index in [9.17, 15) is 9.59 Å². The third kappa shape index (κ3) is 6.02. The number of hydrogen-bond donors (Lipinski definition) is 1. The van der Waals surface area contributed by atoms with Gasteiger partial charge in [-0.15, -0.1) is 0 Å². The van der Waals surface area contributed by atoms with E-state index in [1.165, 1.54) is 18.4 Å². The lowest BCUT2D eigenvalue weighted by Gasteiger charge is -2.34. The van der Waals surface area contributed by atoms with Crippen LogP contribution in [0.2, 0.25) is 0 Å². The first-order valence-corrected chi connectivity index (χ1v) is 11.7. The second kappa shape index (κ2) is 10.5. The van der Waals surface area contributed by atoms with Crippen LogP contribution in [0.4, 0.5) is 4.79 Å². The number of carbonyl (C=O) groups is 2. The van der Waals surface area contributed by atoms with Crippen molar-refractivity contribution >= 4 is 11.9 Å². The van der Waals surface area contributed by atoms with Gasteiger partial charge in [0.2, 0.25) is 5.91 Å². The predicted octanol–water partition coefficient (Wildman–Crippen LogP) is 3.91. The van der Waals surface area contributed by atoms with Crippen molar-refractivity contribution in [1.29, 1.82) is 0 Å². The highest BCUT2D eigenvalue weighted by molar-refractivity contribution is 5.79. The summed E-state index contributed by atoms with van der Waals surface area (Å²) < 4.78 is 6.00. The van der Waals surface area contributed by atoms with E-state index >= 15 is 0 Å². The summed E-state index contributed by atoms with van der Waals surface area (Å²) in [6, 6.07) is 16.0. The second-order valence-electron chi connectivity index (χ2n) is 8.86. The van der Waals surface area contributed by atoms with Gasteiger partial charge in [0.1, 0.15) is 5.75 Å². The number of nitrogens with one attached hydrogen (secondary N) is 1. The predicted molar refractivity (Wildman–Crippen MR) is 125 cm³/mol. The van der Waals surface area contributed by atoms with Crippen LogP contribution < -0.4 is 10.1 Å². The Bertz CT molecular complexity index is 897. The van der Waals surface area contributed by atoms with Crippen molar-refractivity contribution < 1.29 is 14.3 Å². The van der Waals surface area contributed by atoms with Crippen LogP contribution in [0, 0.1) is 6.92 Å². The van der Waals surface area contributed by atoms with E-state index in [4.69, 9.17) is 4.74 Å². The molecule has 1 aliphatic heterocycles. The first kappa shape index (κ1) is 22.2. The Balaban J connectivity index is 1.18. The van der Waals surface area contributed by atoms with Crippen LogP contribution in [0.25, 0.3) is 0 Å². The molecule has 2 aliphatic rings. The van der Waals surface area contributed by atoms with Crippen LogP contribution in [0.5, 0.6) is 5.75 Å². The van der Waals surface area contributed by atoms with Crippen LogP contribution in [0.3, 0.4) is 0 Å². The van der Waals surface area contributed by atoms with Gasteiger partial charge in [0.15, 0.2) is 0 Å². The highest BCUT2D eigenvalue weighted by Crippen LogP contribution is 2.24. The van der Waals surface area contributed by atoms with Crippen molar-refractivity contribution in [2.75, 3.05) is 26.2 Å². The number of urea groups is 1. The monoisotopic (exact) mass is 435 g/mol. The number of ether oxygens (including phenoxy) is 1. The fourth-order valence-corrected chi connectivity index (χ4v) is 4.33. The van der Waals surface area contributed by atoms with Crippen molar-refractivity contribution in [2.45, 2.75) is 51.7 Å². The standard InChI is InChI=1S/C26H33N3O3/c1-20-6-8-21(9-7-20)18-25(30)28-14-16-29(17-15-28)26(31)27-19-22-10-12-24(13-11-22)32-23-4-2-3-5-23/h6-13,23H,2-5,14-19H2,1H3,(H,27,31). The molecule has 6 nitrogen and oxygen atoms in total. The van der Waals surface area contributed by atoms with Gasteiger partial charge in [0, 0.05) is 32.7 Å². The highest BCUT2D eigenvalue weighted by atomic mass is 16.5. The number of carbonyl (C=O) groups excluding carboxylic acids is 2. The largest absolute Gasteiger partial charge is 0.490 e. The van der Waals surface area contributed by atoms with E-state index in [0.717, 1.165) is 29.7 Å². The molecule has 0 bridgehead atoms. The molecule has 1 saturated heterocycles. The molecule has 2 aromatic rings. The number of amides is 3. The molecule has 1 saturated carbocycles. The molecule has 6 heteroatoms. The maximum atomic E-state index is 12.6. The van der Waals surface area contributed by atoms with Gasteiger partial charge in [0.25, 0.3) is 0 Å². The first-order valence-electron chi connectivity index (χ1n) is 11.7. The molecule has 1 N–H and O–H groups in total. The Morgan fingerprint density at radius 3 is 2.12 bits per heavy atom. The molecule has 0 radical (unpaired) electrons. The quantitative estimate of drug-likeness (QED) is 0.748. The zero-order valence-electron chi connectivity index (χ0n) is 18.9. The van der Waals surface area contributed by atoms with Crippen molar-refractivity contribution in [3.05, 3.63) is 65.2 Å². The van der Waals surface area contributed by atoms with E-state index < -0.39 is 0 Å². The van der Waals surface area contributed by atoms with Crippen molar-refractivity contribution in [2.24, 2.45) is 0 Å². The fraction of sp³-hybridized carbons (Fsp3) is 0.462. The molecule has 1 heterocycles. The summed E-state index contributed by atoms with van der Waals surface area (Å²) in [4.78, 5) is 28.8. The van der Waals surface area contributed by atoms with Gasteiger partial charge in [-0.25, -0.2) is 4.79 Å². The smallest absolute Gasteiger partial charge is 0.317 e. The van der Waals surface area contributed by atoms with Crippen LogP contribution in [0.1, 0.15) is 42.4 Å². The Kier molecular flexibility index (Phi) is 7.30. The second-order valence-corrected chi connectivity index (χ2v) is 8.86. The van der Waals surface area contributed by atoms with Gasteiger partial charge in [0.05, 0.1) is 12.5 Å². The molecule has 32 heavy (non-hydrogen) atoms. The van der Waals surface area contributed by atoms with E-state index in [-0.39, 0.29) is 11.9 Å². The van der Waals surface area contributed by atoms with E-state index in [1.807, 2.05) is 60.4 Å². The molecule has 1 aliphatic carbocycles. The summed E-state index contributed by atoms with van der Waals surface area (Å²) >= 11 is 0. The molecule has 4 rings (SSSR count). The van der Waals surface area contributed by atoms with Gasteiger partial charge >= 0.3 is 6.03 Å². The molecule has 0 aromatic heterocycles. The Hall–Kier alpha value is -3.02. The average Bonchev–Trinajstić information content (AvgIpc) is 3.33. The minimum absolute atomic E-state index is 0.0816. The molecule has 2 fully saturated rings. The van der Waals surface area contributed by atoms with Crippen LogP contribution in [-0.4, -0.2) is 54.0 Å². The topological polar surface area (TPSA) is 61.9 Å². The third-order valence-electron chi connectivity index (χ3n) is 6.37. The summed E-state index contributed by atoms with van der Waals surface area (Å²) in [5, 5.41) is 2.99. The molecule has 170 valence electrons. The fourth-order valence-electron chi connectivity index (χ4n) is 4.33. The number of rotatable bonds is 6. The van der Waals surface area contributed by atoms with Gasteiger partial charge in [-0.2, -0.15) is 0 Å². The zero-order chi connectivity index (χ0) is 22.3. The Morgan fingerprint density at radius 1 is 0.875 bits per heavy atom. The maximum Gasteiger partial charge on any atom is 0.317 e. The van der Waals surface area contributed by atoms with Crippen molar-refractivity contribution in [1.82, 2.24) is 15.1 Å². The lowest BCUT2D eigenvalue weighted by molar-refractivity contribution is -0.131. The number of aryl methyl sites for hydroxylation is 1. The maximum absolute atomic E-state index is 12.6.